The third-order valence-electron chi connectivity index (χ3n) is 2.40. The van der Waals surface area contributed by atoms with Gasteiger partial charge >= 0.3 is 11.8 Å². The van der Waals surface area contributed by atoms with E-state index >= 15 is 0 Å². The predicted octanol–water partition coefficient (Wildman–Crippen LogP) is 4.11. The van der Waals surface area contributed by atoms with E-state index in [4.69, 9.17) is 11.6 Å². The van der Waals surface area contributed by atoms with Crippen LogP contribution >= 0.6 is 11.6 Å². The smallest absolute Gasteiger partial charge is 0.373 e. The zero-order valence-corrected chi connectivity index (χ0v) is 9.36. The van der Waals surface area contributed by atoms with E-state index in [-0.39, 0.29) is 5.75 Å². The third-order valence-corrected chi connectivity index (χ3v) is 2.80. The van der Waals surface area contributed by atoms with Crippen molar-refractivity contribution in [1.82, 2.24) is 0 Å². The normalized spacial score (nSPS) is 21.1. The third kappa shape index (κ3) is 1.69. The Labute approximate surface area is 99.6 Å². The molecule has 0 N–H and O–H groups in total. The van der Waals surface area contributed by atoms with Gasteiger partial charge in [0.05, 0.1) is 0 Å². The van der Waals surface area contributed by atoms with Crippen LogP contribution in [-0.2, 0) is 0 Å². The number of alkyl halides is 4. The van der Waals surface area contributed by atoms with Gasteiger partial charge < -0.3 is 4.74 Å². The minimum atomic E-state index is -4.35. The highest BCUT2D eigenvalue weighted by Gasteiger charge is 2.73. The van der Waals surface area contributed by atoms with Crippen molar-refractivity contribution < 1.29 is 22.3 Å². The minimum absolute atomic E-state index is 0.0407. The molecular formula is C11H7ClF4O. The van der Waals surface area contributed by atoms with E-state index in [1.165, 1.54) is 12.1 Å². The van der Waals surface area contributed by atoms with Gasteiger partial charge in [0.1, 0.15) is 10.8 Å². The van der Waals surface area contributed by atoms with Crippen molar-refractivity contribution in [1.29, 1.82) is 0 Å². The van der Waals surface area contributed by atoms with E-state index in [2.05, 4.69) is 4.74 Å². The summed E-state index contributed by atoms with van der Waals surface area (Å²) in [5.41, 5.74) is 0.892. The molecule has 1 aliphatic rings. The Hall–Kier alpha value is -1.23. The summed E-state index contributed by atoms with van der Waals surface area (Å²) in [6, 6.07) is 6.02. The Morgan fingerprint density at radius 1 is 1.00 bits per heavy atom. The number of hydrogen-bond donors (Lipinski definition) is 0. The number of benzene rings is 1. The summed E-state index contributed by atoms with van der Waals surface area (Å²) in [6.07, 6.45) is 0. The molecule has 0 aliphatic heterocycles. The monoisotopic (exact) mass is 266 g/mol. The van der Waals surface area contributed by atoms with Gasteiger partial charge in [0.15, 0.2) is 0 Å². The van der Waals surface area contributed by atoms with Crippen molar-refractivity contribution in [2.75, 3.05) is 0 Å². The molecule has 2 rings (SSSR count). The predicted molar refractivity (Wildman–Crippen MR) is 54.6 cm³/mol. The summed E-state index contributed by atoms with van der Waals surface area (Å²) in [5.74, 6) is -9.84. The van der Waals surface area contributed by atoms with Crippen LogP contribution in [0.25, 0.3) is 0 Å². The first-order valence-electron chi connectivity index (χ1n) is 4.67. The number of halogens is 5. The van der Waals surface area contributed by atoms with Crippen LogP contribution in [0, 0.1) is 6.92 Å². The van der Waals surface area contributed by atoms with Crippen LogP contribution in [0.2, 0.25) is 0 Å². The zero-order valence-electron chi connectivity index (χ0n) is 8.61. The summed E-state index contributed by atoms with van der Waals surface area (Å²) in [7, 11) is 0. The van der Waals surface area contributed by atoms with Gasteiger partial charge in [0, 0.05) is 0 Å². The highest BCUT2D eigenvalue weighted by Crippen LogP contribution is 2.57. The van der Waals surface area contributed by atoms with Gasteiger partial charge in [0.25, 0.3) is 0 Å². The van der Waals surface area contributed by atoms with Gasteiger partial charge in [-0.25, -0.2) is 0 Å². The molecule has 1 nitrogen and oxygen atoms in total. The van der Waals surface area contributed by atoms with Crippen molar-refractivity contribution in [3.05, 3.63) is 40.6 Å². The summed E-state index contributed by atoms with van der Waals surface area (Å²) in [5, 5.41) is -1.25. The molecule has 92 valence electrons. The van der Waals surface area contributed by atoms with Gasteiger partial charge in [0.2, 0.25) is 5.76 Å². The molecule has 0 unspecified atom stereocenters. The average Bonchev–Trinajstić information content (AvgIpc) is 2.27. The first kappa shape index (κ1) is 12.2. The van der Waals surface area contributed by atoms with Crippen molar-refractivity contribution in [2.24, 2.45) is 0 Å². The van der Waals surface area contributed by atoms with E-state index < -0.39 is 22.6 Å². The maximum absolute atomic E-state index is 13.0. The Balaban J connectivity index is 2.27. The van der Waals surface area contributed by atoms with Gasteiger partial charge in [-0.2, -0.15) is 17.6 Å². The molecule has 1 aliphatic carbocycles. The summed E-state index contributed by atoms with van der Waals surface area (Å²) >= 11 is 5.10. The molecule has 1 aromatic rings. The molecule has 0 fully saturated rings. The maximum atomic E-state index is 13.0. The van der Waals surface area contributed by atoms with E-state index in [1.54, 1.807) is 19.1 Å². The van der Waals surface area contributed by atoms with Crippen molar-refractivity contribution in [3.8, 4) is 5.75 Å². The Morgan fingerprint density at radius 3 is 2.00 bits per heavy atom. The fraction of sp³-hybridized carbons (Fsp3) is 0.273. The Kier molecular flexibility index (Phi) is 2.61. The molecule has 1 aromatic carbocycles. The Morgan fingerprint density at radius 2 is 1.53 bits per heavy atom. The minimum Gasteiger partial charge on any atom is -0.454 e. The van der Waals surface area contributed by atoms with Crippen LogP contribution in [0.15, 0.2) is 35.1 Å². The number of ether oxygens (including phenoxy) is 1. The Bertz CT molecular complexity index is 479. The van der Waals surface area contributed by atoms with Crippen molar-refractivity contribution in [3.63, 3.8) is 0 Å². The summed E-state index contributed by atoms with van der Waals surface area (Å²) < 4.78 is 56.1. The first-order chi connectivity index (χ1) is 7.76. The maximum Gasteiger partial charge on any atom is 0.373 e. The SMILES string of the molecule is Cc1ccc(OC2=C(Cl)C(F)(F)C2(F)F)cc1. The fourth-order valence-corrected chi connectivity index (χ4v) is 1.61. The number of allylic oxidation sites excluding steroid dienone is 2. The average molecular weight is 267 g/mol. The second-order valence-corrected chi connectivity index (χ2v) is 4.08. The largest absolute Gasteiger partial charge is 0.454 e. The van der Waals surface area contributed by atoms with E-state index in [0.29, 0.717) is 0 Å². The molecule has 0 saturated carbocycles. The lowest BCUT2D eigenvalue weighted by atomic mass is 9.97. The molecule has 0 spiro atoms. The van der Waals surface area contributed by atoms with Crippen molar-refractivity contribution >= 4 is 11.6 Å². The molecular weight excluding hydrogens is 260 g/mol. The second-order valence-electron chi connectivity index (χ2n) is 3.71. The summed E-state index contributed by atoms with van der Waals surface area (Å²) in [4.78, 5) is 0. The van der Waals surface area contributed by atoms with Gasteiger partial charge in [-0.1, -0.05) is 29.3 Å². The van der Waals surface area contributed by atoms with Crippen LogP contribution in [0.4, 0.5) is 17.6 Å². The summed E-state index contributed by atoms with van der Waals surface area (Å²) in [6.45, 7) is 1.79. The number of hydrogen-bond acceptors (Lipinski definition) is 1. The van der Waals surface area contributed by atoms with Crippen LogP contribution in [0.3, 0.4) is 0 Å². The first-order valence-corrected chi connectivity index (χ1v) is 5.05. The highest BCUT2D eigenvalue weighted by atomic mass is 35.5. The quantitative estimate of drug-likeness (QED) is 0.732. The lowest BCUT2D eigenvalue weighted by molar-refractivity contribution is -0.203. The lowest BCUT2D eigenvalue weighted by Crippen LogP contribution is -2.53. The molecule has 0 amide bonds. The topological polar surface area (TPSA) is 9.23 Å². The molecule has 0 saturated heterocycles. The lowest BCUT2D eigenvalue weighted by Gasteiger charge is -2.36. The van der Waals surface area contributed by atoms with Crippen molar-refractivity contribution in [2.45, 2.75) is 18.8 Å². The van der Waals surface area contributed by atoms with E-state index in [0.717, 1.165) is 5.56 Å². The number of aryl methyl sites for hydroxylation is 1. The fourth-order valence-electron chi connectivity index (χ4n) is 1.33. The van der Waals surface area contributed by atoms with E-state index in [9.17, 15) is 17.6 Å². The van der Waals surface area contributed by atoms with E-state index in [1.807, 2.05) is 0 Å². The zero-order chi connectivity index (χ0) is 12.8. The van der Waals surface area contributed by atoms with Crippen LogP contribution in [-0.4, -0.2) is 11.8 Å². The van der Waals surface area contributed by atoms with Gasteiger partial charge in [-0.3, -0.25) is 0 Å². The van der Waals surface area contributed by atoms with Crippen LogP contribution < -0.4 is 4.74 Å². The molecule has 0 bridgehead atoms. The standard InChI is InChI=1S/C11H7ClF4O/c1-6-2-4-7(5-3-6)17-9-8(12)10(13,14)11(9,15)16/h2-5H,1H3. The number of rotatable bonds is 2. The van der Waals surface area contributed by atoms with Crippen LogP contribution in [0.5, 0.6) is 5.75 Å². The molecule has 6 heteroatoms. The molecule has 0 aromatic heterocycles. The molecule has 0 heterocycles. The molecule has 0 radical (unpaired) electrons. The molecule has 0 atom stereocenters. The van der Waals surface area contributed by atoms with Crippen LogP contribution in [0.1, 0.15) is 5.56 Å². The van der Waals surface area contributed by atoms with Gasteiger partial charge in [-0.15, -0.1) is 0 Å². The highest BCUT2D eigenvalue weighted by molar-refractivity contribution is 6.32. The molecule has 17 heavy (non-hydrogen) atoms. The van der Waals surface area contributed by atoms with Gasteiger partial charge in [-0.05, 0) is 19.1 Å². The second kappa shape index (κ2) is 3.63.